The van der Waals surface area contributed by atoms with Gasteiger partial charge < -0.3 is 14.9 Å². The topological polar surface area (TPSA) is 49.7 Å². The standard InChI is InChI=1S/C13H19BrO3/c1-9(2)13(3,16)8-17-12-5-4-10(7-15)6-11(12)14/h4-6,9,15-16H,7-8H2,1-3H3. The molecular weight excluding hydrogens is 284 g/mol. The lowest BCUT2D eigenvalue weighted by atomic mass is 9.94. The van der Waals surface area contributed by atoms with Gasteiger partial charge in [0.15, 0.2) is 0 Å². The highest BCUT2D eigenvalue weighted by molar-refractivity contribution is 9.10. The summed E-state index contributed by atoms with van der Waals surface area (Å²) in [6.07, 6.45) is 0. The van der Waals surface area contributed by atoms with Crippen molar-refractivity contribution in [2.24, 2.45) is 5.92 Å². The van der Waals surface area contributed by atoms with E-state index in [9.17, 15) is 5.11 Å². The quantitative estimate of drug-likeness (QED) is 0.879. The highest BCUT2D eigenvalue weighted by Crippen LogP contribution is 2.27. The molecule has 1 rings (SSSR count). The number of hydrogen-bond acceptors (Lipinski definition) is 3. The Kier molecular flexibility index (Phi) is 4.98. The summed E-state index contributed by atoms with van der Waals surface area (Å²) in [5.41, 5.74) is -0.0328. The first-order valence-corrected chi connectivity index (χ1v) is 6.40. The summed E-state index contributed by atoms with van der Waals surface area (Å²) < 4.78 is 6.36. The van der Waals surface area contributed by atoms with Gasteiger partial charge in [0.05, 0.1) is 16.7 Å². The third-order valence-electron chi connectivity index (χ3n) is 2.94. The van der Waals surface area contributed by atoms with Crippen molar-refractivity contribution in [3.05, 3.63) is 28.2 Å². The van der Waals surface area contributed by atoms with Crippen LogP contribution in [0.4, 0.5) is 0 Å². The molecule has 17 heavy (non-hydrogen) atoms. The van der Waals surface area contributed by atoms with Crippen molar-refractivity contribution in [3.63, 3.8) is 0 Å². The number of ether oxygens (including phenoxy) is 1. The first-order chi connectivity index (χ1) is 7.86. The third kappa shape index (κ3) is 3.98. The Labute approximate surface area is 111 Å². The molecule has 0 saturated heterocycles. The third-order valence-corrected chi connectivity index (χ3v) is 3.56. The van der Waals surface area contributed by atoms with Gasteiger partial charge in [-0.2, -0.15) is 0 Å². The van der Waals surface area contributed by atoms with Crippen LogP contribution < -0.4 is 4.74 Å². The minimum Gasteiger partial charge on any atom is -0.489 e. The fraction of sp³-hybridized carbons (Fsp3) is 0.538. The lowest BCUT2D eigenvalue weighted by molar-refractivity contribution is -0.0268. The van der Waals surface area contributed by atoms with Crippen molar-refractivity contribution >= 4 is 15.9 Å². The Morgan fingerprint density at radius 1 is 1.41 bits per heavy atom. The summed E-state index contributed by atoms with van der Waals surface area (Å²) in [5, 5.41) is 19.0. The van der Waals surface area contributed by atoms with Gasteiger partial charge in [0, 0.05) is 0 Å². The molecule has 2 N–H and O–H groups in total. The van der Waals surface area contributed by atoms with Crippen molar-refractivity contribution in [3.8, 4) is 5.75 Å². The summed E-state index contributed by atoms with van der Waals surface area (Å²) in [5.74, 6) is 0.793. The molecule has 0 aliphatic carbocycles. The second-order valence-electron chi connectivity index (χ2n) is 4.72. The molecule has 3 nitrogen and oxygen atoms in total. The van der Waals surface area contributed by atoms with Crippen LogP contribution in [0.15, 0.2) is 22.7 Å². The van der Waals surface area contributed by atoms with Crippen LogP contribution in [-0.4, -0.2) is 22.4 Å². The molecule has 0 aliphatic rings. The predicted molar refractivity (Wildman–Crippen MR) is 71.0 cm³/mol. The zero-order valence-electron chi connectivity index (χ0n) is 10.4. The Hall–Kier alpha value is -0.580. The lowest BCUT2D eigenvalue weighted by Gasteiger charge is -2.27. The molecule has 4 heteroatoms. The largest absolute Gasteiger partial charge is 0.489 e. The van der Waals surface area contributed by atoms with Crippen molar-refractivity contribution < 1.29 is 14.9 Å². The minimum absolute atomic E-state index is 0.00257. The minimum atomic E-state index is -0.852. The Balaban J connectivity index is 2.70. The van der Waals surface area contributed by atoms with Crippen LogP contribution in [-0.2, 0) is 6.61 Å². The van der Waals surface area contributed by atoms with Gasteiger partial charge in [0.1, 0.15) is 12.4 Å². The Bertz CT molecular complexity index is 375. The maximum atomic E-state index is 10.1. The van der Waals surface area contributed by atoms with Crippen LogP contribution in [0.25, 0.3) is 0 Å². The molecule has 0 saturated carbocycles. The average Bonchev–Trinajstić information content (AvgIpc) is 2.27. The second kappa shape index (κ2) is 5.85. The van der Waals surface area contributed by atoms with Crippen LogP contribution >= 0.6 is 15.9 Å². The summed E-state index contributed by atoms with van der Waals surface area (Å²) in [4.78, 5) is 0. The zero-order valence-corrected chi connectivity index (χ0v) is 12.0. The number of aliphatic hydroxyl groups is 2. The van der Waals surface area contributed by atoms with Gasteiger partial charge in [-0.1, -0.05) is 19.9 Å². The molecule has 1 unspecified atom stereocenters. The van der Waals surface area contributed by atoms with E-state index < -0.39 is 5.60 Å². The van der Waals surface area contributed by atoms with Crippen molar-refractivity contribution in [1.82, 2.24) is 0 Å². The SMILES string of the molecule is CC(C)C(C)(O)COc1ccc(CO)cc1Br. The average molecular weight is 303 g/mol. The molecule has 1 aromatic rings. The van der Waals surface area contributed by atoms with Crippen LogP contribution in [0.3, 0.4) is 0 Å². The van der Waals surface area contributed by atoms with E-state index in [0.29, 0.717) is 5.75 Å². The van der Waals surface area contributed by atoms with Gasteiger partial charge >= 0.3 is 0 Å². The number of rotatable bonds is 5. The van der Waals surface area contributed by atoms with Crippen molar-refractivity contribution in [2.45, 2.75) is 33.0 Å². The second-order valence-corrected chi connectivity index (χ2v) is 5.58. The van der Waals surface area contributed by atoms with Crippen LogP contribution in [0.5, 0.6) is 5.75 Å². The van der Waals surface area contributed by atoms with Crippen LogP contribution in [0.2, 0.25) is 0 Å². The van der Waals surface area contributed by atoms with E-state index in [1.54, 1.807) is 25.1 Å². The van der Waals surface area contributed by atoms with E-state index in [2.05, 4.69) is 15.9 Å². The highest BCUT2D eigenvalue weighted by atomic mass is 79.9. The highest BCUT2D eigenvalue weighted by Gasteiger charge is 2.26. The Morgan fingerprint density at radius 3 is 2.53 bits per heavy atom. The molecule has 0 amide bonds. The zero-order chi connectivity index (χ0) is 13.1. The van der Waals surface area contributed by atoms with Crippen LogP contribution in [0, 0.1) is 5.92 Å². The van der Waals surface area contributed by atoms with E-state index in [1.807, 2.05) is 13.8 Å². The number of benzene rings is 1. The van der Waals surface area contributed by atoms with Crippen LogP contribution in [0.1, 0.15) is 26.3 Å². The molecular formula is C13H19BrO3. The van der Waals surface area contributed by atoms with E-state index in [0.717, 1.165) is 10.0 Å². The summed E-state index contributed by atoms with van der Waals surface area (Å²) >= 11 is 3.37. The van der Waals surface area contributed by atoms with Gasteiger partial charge in [0.2, 0.25) is 0 Å². The molecule has 0 aliphatic heterocycles. The first-order valence-electron chi connectivity index (χ1n) is 5.61. The number of aliphatic hydroxyl groups excluding tert-OH is 1. The van der Waals surface area contributed by atoms with Gasteiger partial charge in [-0.15, -0.1) is 0 Å². The van der Waals surface area contributed by atoms with E-state index in [-0.39, 0.29) is 19.1 Å². The number of halogens is 1. The Morgan fingerprint density at radius 2 is 2.06 bits per heavy atom. The van der Waals surface area contributed by atoms with E-state index in [4.69, 9.17) is 9.84 Å². The maximum absolute atomic E-state index is 10.1. The predicted octanol–water partition coefficient (Wildman–Crippen LogP) is 2.73. The van der Waals surface area contributed by atoms with E-state index in [1.165, 1.54) is 0 Å². The summed E-state index contributed by atoms with van der Waals surface area (Å²) in [7, 11) is 0. The molecule has 1 aromatic carbocycles. The van der Waals surface area contributed by atoms with Crippen molar-refractivity contribution in [1.29, 1.82) is 0 Å². The smallest absolute Gasteiger partial charge is 0.133 e. The molecule has 0 fully saturated rings. The normalized spacial score (nSPS) is 14.8. The molecule has 1 atom stereocenters. The molecule has 0 bridgehead atoms. The maximum Gasteiger partial charge on any atom is 0.133 e. The summed E-state index contributed by atoms with van der Waals surface area (Å²) in [6, 6.07) is 5.38. The molecule has 0 radical (unpaired) electrons. The van der Waals surface area contributed by atoms with E-state index >= 15 is 0 Å². The van der Waals surface area contributed by atoms with Gasteiger partial charge in [0.25, 0.3) is 0 Å². The molecule has 96 valence electrons. The summed E-state index contributed by atoms with van der Waals surface area (Å²) in [6.45, 7) is 5.90. The number of hydrogen-bond donors (Lipinski definition) is 2. The fourth-order valence-electron chi connectivity index (χ4n) is 1.15. The van der Waals surface area contributed by atoms with Crippen molar-refractivity contribution in [2.75, 3.05) is 6.61 Å². The van der Waals surface area contributed by atoms with Gasteiger partial charge in [-0.05, 0) is 46.5 Å². The lowest BCUT2D eigenvalue weighted by Crippen LogP contribution is -2.37. The fourth-order valence-corrected chi connectivity index (χ4v) is 1.69. The monoisotopic (exact) mass is 302 g/mol. The van der Waals surface area contributed by atoms with Gasteiger partial charge in [-0.25, -0.2) is 0 Å². The van der Waals surface area contributed by atoms with Gasteiger partial charge in [-0.3, -0.25) is 0 Å². The molecule has 0 aromatic heterocycles. The molecule has 0 spiro atoms. The molecule has 0 heterocycles. The first kappa shape index (κ1) is 14.5.